The van der Waals surface area contributed by atoms with Crippen molar-refractivity contribution in [3.63, 3.8) is 0 Å². The maximum absolute atomic E-state index is 12.6. The summed E-state index contributed by atoms with van der Waals surface area (Å²) in [4.78, 5) is 33.9. The summed E-state index contributed by atoms with van der Waals surface area (Å²) in [5.41, 5.74) is 1.58. The van der Waals surface area contributed by atoms with Gasteiger partial charge in [-0.05, 0) is 25.1 Å². The van der Waals surface area contributed by atoms with Gasteiger partial charge in [0, 0.05) is 19.4 Å². The monoisotopic (exact) mass is 312 g/mol. The Morgan fingerprint density at radius 3 is 2.96 bits per heavy atom. The Morgan fingerprint density at radius 1 is 1.39 bits per heavy atom. The first-order chi connectivity index (χ1) is 11.1. The number of aromatic nitrogens is 2. The highest BCUT2D eigenvalue weighted by atomic mass is 16.5. The van der Waals surface area contributed by atoms with Crippen LogP contribution in [-0.2, 0) is 4.79 Å². The van der Waals surface area contributed by atoms with E-state index in [0.29, 0.717) is 17.1 Å². The van der Waals surface area contributed by atoms with E-state index < -0.39 is 0 Å². The van der Waals surface area contributed by atoms with Gasteiger partial charge in [0.15, 0.2) is 6.61 Å². The average molecular weight is 312 g/mol. The number of nitrogens with zero attached hydrogens (tertiary/aromatic N) is 3. The van der Waals surface area contributed by atoms with Gasteiger partial charge < -0.3 is 15.0 Å². The quantitative estimate of drug-likeness (QED) is 0.931. The zero-order valence-corrected chi connectivity index (χ0v) is 12.8. The van der Waals surface area contributed by atoms with E-state index in [4.69, 9.17) is 4.74 Å². The summed E-state index contributed by atoms with van der Waals surface area (Å²) < 4.78 is 5.19. The summed E-state index contributed by atoms with van der Waals surface area (Å²) in [6.07, 6.45) is 3.14. The van der Waals surface area contributed by atoms with E-state index in [-0.39, 0.29) is 24.5 Å². The van der Waals surface area contributed by atoms with Crippen LogP contribution in [0.25, 0.3) is 0 Å². The maximum atomic E-state index is 12.6. The van der Waals surface area contributed by atoms with Crippen molar-refractivity contribution in [2.75, 3.05) is 19.0 Å². The lowest BCUT2D eigenvalue weighted by molar-refractivity contribution is -0.118. The lowest BCUT2D eigenvalue weighted by Gasteiger charge is -2.25. The van der Waals surface area contributed by atoms with Crippen LogP contribution in [0.1, 0.15) is 29.0 Å². The average Bonchev–Trinajstić information content (AvgIpc) is 2.59. The molecular weight excluding hydrogens is 296 g/mol. The zero-order valence-electron chi connectivity index (χ0n) is 12.8. The van der Waals surface area contributed by atoms with Crippen molar-refractivity contribution in [2.24, 2.45) is 0 Å². The fourth-order valence-electron chi connectivity index (χ4n) is 2.29. The van der Waals surface area contributed by atoms with Gasteiger partial charge in [-0.15, -0.1) is 0 Å². The summed E-state index contributed by atoms with van der Waals surface area (Å²) >= 11 is 0. The van der Waals surface area contributed by atoms with Crippen molar-refractivity contribution in [3.05, 3.63) is 47.9 Å². The number of amides is 2. The maximum Gasteiger partial charge on any atom is 0.262 e. The number of anilines is 1. The fraction of sp³-hybridized carbons (Fsp3) is 0.250. The molecular formula is C16H16N4O3. The smallest absolute Gasteiger partial charge is 0.262 e. The van der Waals surface area contributed by atoms with Crippen LogP contribution in [0.5, 0.6) is 5.88 Å². The molecule has 0 unspecified atom stereocenters. The Morgan fingerprint density at radius 2 is 2.22 bits per heavy atom. The van der Waals surface area contributed by atoms with Crippen LogP contribution in [0, 0.1) is 0 Å². The summed E-state index contributed by atoms with van der Waals surface area (Å²) in [5, 5.41) is 2.65. The van der Waals surface area contributed by atoms with Crippen molar-refractivity contribution in [3.8, 4) is 5.88 Å². The third kappa shape index (κ3) is 2.98. The van der Waals surface area contributed by atoms with E-state index >= 15 is 0 Å². The molecule has 2 aromatic heterocycles. The van der Waals surface area contributed by atoms with Crippen molar-refractivity contribution in [1.29, 1.82) is 0 Å². The number of ether oxygens (including phenoxy) is 1. The Labute approximate surface area is 133 Å². The van der Waals surface area contributed by atoms with E-state index in [1.165, 1.54) is 6.20 Å². The lowest BCUT2D eigenvalue weighted by atomic mass is 10.1. The molecule has 1 N–H and O–H groups in total. The first kappa shape index (κ1) is 15.0. The molecule has 2 aromatic rings. The number of hydrogen-bond acceptors (Lipinski definition) is 5. The van der Waals surface area contributed by atoms with Gasteiger partial charge in [-0.25, -0.2) is 4.98 Å². The topological polar surface area (TPSA) is 84.4 Å². The minimum absolute atomic E-state index is 0.0656. The predicted octanol–water partition coefficient (Wildman–Crippen LogP) is 1.64. The van der Waals surface area contributed by atoms with E-state index in [1.54, 1.807) is 24.2 Å². The van der Waals surface area contributed by atoms with Crippen LogP contribution in [-0.4, -0.2) is 40.3 Å². The van der Waals surface area contributed by atoms with Gasteiger partial charge in [0.05, 0.1) is 17.3 Å². The molecule has 0 spiro atoms. The fourth-order valence-corrected chi connectivity index (χ4v) is 2.29. The molecule has 0 bridgehead atoms. The number of fused-ring (bicyclic) bond motifs is 1. The summed E-state index contributed by atoms with van der Waals surface area (Å²) in [6, 6.07) is 6.96. The largest absolute Gasteiger partial charge is 0.466 e. The number of carbonyl (C=O) groups excluding carboxylic acids is 2. The molecule has 1 aliphatic heterocycles. The molecule has 3 rings (SSSR count). The Hall–Kier alpha value is -2.96. The molecule has 0 aliphatic carbocycles. The van der Waals surface area contributed by atoms with E-state index in [0.717, 1.165) is 5.69 Å². The molecule has 0 saturated heterocycles. The molecule has 1 atom stereocenters. The standard InChI is InChI=1S/C16H16N4O3/c1-10(12-5-3-4-6-17-12)20(2)16(22)11-7-13-15(18-8-11)23-9-14(21)19-13/h3-8,10H,9H2,1-2H3,(H,19,21)/t10-/m0/s1. The molecule has 0 saturated carbocycles. The summed E-state index contributed by atoms with van der Waals surface area (Å²) in [6.45, 7) is 1.83. The minimum atomic E-state index is -0.265. The van der Waals surface area contributed by atoms with Crippen LogP contribution in [0.2, 0.25) is 0 Å². The van der Waals surface area contributed by atoms with Gasteiger partial charge in [-0.2, -0.15) is 0 Å². The zero-order chi connectivity index (χ0) is 16.4. The van der Waals surface area contributed by atoms with Crippen molar-refractivity contribution < 1.29 is 14.3 Å². The van der Waals surface area contributed by atoms with Gasteiger partial charge in [0.1, 0.15) is 5.69 Å². The second-order valence-corrected chi connectivity index (χ2v) is 5.26. The Kier molecular flexibility index (Phi) is 3.92. The third-order valence-electron chi connectivity index (χ3n) is 3.73. The molecule has 23 heavy (non-hydrogen) atoms. The van der Waals surface area contributed by atoms with Crippen molar-refractivity contribution >= 4 is 17.5 Å². The van der Waals surface area contributed by atoms with E-state index in [1.807, 2.05) is 25.1 Å². The summed E-state index contributed by atoms with van der Waals surface area (Å²) in [7, 11) is 1.70. The molecule has 7 nitrogen and oxygen atoms in total. The summed E-state index contributed by atoms with van der Waals surface area (Å²) in [5.74, 6) is -0.154. The first-order valence-electron chi connectivity index (χ1n) is 7.17. The van der Waals surface area contributed by atoms with Gasteiger partial charge in [-0.3, -0.25) is 14.6 Å². The van der Waals surface area contributed by atoms with Crippen LogP contribution >= 0.6 is 0 Å². The number of pyridine rings is 2. The molecule has 3 heterocycles. The molecule has 0 radical (unpaired) electrons. The molecule has 0 aromatic carbocycles. The van der Waals surface area contributed by atoms with E-state index in [9.17, 15) is 9.59 Å². The number of nitrogens with one attached hydrogen (secondary N) is 1. The highest BCUT2D eigenvalue weighted by molar-refractivity contribution is 5.99. The number of rotatable bonds is 3. The van der Waals surface area contributed by atoms with Crippen LogP contribution in [0.3, 0.4) is 0 Å². The van der Waals surface area contributed by atoms with E-state index in [2.05, 4.69) is 15.3 Å². The highest BCUT2D eigenvalue weighted by Gasteiger charge is 2.23. The van der Waals surface area contributed by atoms with Crippen LogP contribution < -0.4 is 10.1 Å². The third-order valence-corrected chi connectivity index (χ3v) is 3.73. The normalized spacial score (nSPS) is 14.3. The number of carbonyl (C=O) groups is 2. The number of hydrogen-bond donors (Lipinski definition) is 1. The second-order valence-electron chi connectivity index (χ2n) is 5.26. The molecule has 118 valence electrons. The molecule has 0 fully saturated rings. The Bertz CT molecular complexity index is 748. The van der Waals surface area contributed by atoms with Gasteiger partial charge in [-0.1, -0.05) is 6.07 Å². The lowest BCUT2D eigenvalue weighted by Crippen LogP contribution is -2.31. The van der Waals surface area contributed by atoms with Crippen molar-refractivity contribution in [1.82, 2.24) is 14.9 Å². The predicted molar refractivity (Wildman–Crippen MR) is 83.1 cm³/mol. The Balaban J connectivity index is 1.82. The van der Waals surface area contributed by atoms with Crippen LogP contribution in [0.4, 0.5) is 5.69 Å². The highest BCUT2D eigenvalue weighted by Crippen LogP contribution is 2.27. The van der Waals surface area contributed by atoms with Gasteiger partial charge >= 0.3 is 0 Å². The van der Waals surface area contributed by atoms with Crippen molar-refractivity contribution in [2.45, 2.75) is 13.0 Å². The second kappa shape index (κ2) is 6.04. The van der Waals surface area contributed by atoms with Gasteiger partial charge in [0.25, 0.3) is 11.8 Å². The first-order valence-corrected chi connectivity index (χ1v) is 7.17. The molecule has 1 aliphatic rings. The molecule has 2 amide bonds. The van der Waals surface area contributed by atoms with Crippen LogP contribution in [0.15, 0.2) is 36.7 Å². The molecule has 7 heteroatoms. The minimum Gasteiger partial charge on any atom is -0.466 e. The van der Waals surface area contributed by atoms with Gasteiger partial charge in [0.2, 0.25) is 5.88 Å². The SMILES string of the molecule is C[C@@H](c1ccccn1)N(C)C(=O)c1cnc2c(c1)NC(=O)CO2.